The Balaban J connectivity index is 1.18. The summed E-state index contributed by atoms with van der Waals surface area (Å²) in [5, 5.41) is 2.42. The highest BCUT2D eigenvalue weighted by Crippen LogP contribution is 2.42. The molecule has 0 aliphatic rings. The van der Waals surface area contributed by atoms with Crippen molar-refractivity contribution in [2.75, 3.05) is 0 Å². The fourth-order valence-electron chi connectivity index (χ4n) is 8.15. The van der Waals surface area contributed by atoms with E-state index in [-0.39, 0.29) is 0 Å². The minimum Gasteiger partial charge on any atom is -0.256 e. The molecular weight excluding hydrogens is 675 g/mol. The molecular formula is C55H43N. The molecule has 8 aromatic carbocycles. The molecule has 0 fully saturated rings. The Hall–Kier alpha value is -6.83. The zero-order chi connectivity index (χ0) is 37.8. The second-order valence-corrected chi connectivity index (χ2v) is 15.1. The average Bonchev–Trinajstić information content (AvgIpc) is 3.26. The first-order valence-electron chi connectivity index (χ1n) is 19.6. The third-order valence-electron chi connectivity index (χ3n) is 10.8. The summed E-state index contributed by atoms with van der Waals surface area (Å²) in [7, 11) is 0. The van der Waals surface area contributed by atoms with Crippen LogP contribution in [0, 0.1) is 5.92 Å². The summed E-state index contributed by atoms with van der Waals surface area (Å²) in [6, 6.07) is 72.8. The summed E-state index contributed by atoms with van der Waals surface area (Å²) in [6.45, 7) is 4.54. The minimum absolute atomic E-state index is 0.619. The van der Waals surface area contributed by atoms with Gasteiger partial charge in [-0.25, -0.2) is 0 Å². The lowest BCUT2D eigenvalue weighted by atomic mass is 9.86. The molecule has 0 radical (unpaired) electrons. The Morgan fingerprint density at radius 3 is 1.20 bits per heavy atom. The van der Waals surface area contributed by atoms with Gasteiger partial charge in [0.15, 0.2) is 0 Å². The van der Waals surface area contributed by atoms with E-state index in [9.17, 15) is 0 Å². The van der Waals surface area contributed by atoms with Crippen molar-refractivity contribution in [1.29, 1.82) is 0 Å². The number of rotatable bonds is 9. The molecule has 0 N–H and O–H groups in total. The van der Waals surface area contributed by atoms with Crippen molar-refractivity contribution in [1.82, 2.24) is 4.98 Å². The van der Waals surface area contributed by atoms with Crippen molar-refractivity contribution in [2.45, 2.75) is 20.3 Å². The highest BCUT2D eigenvalue weighted by Gasteiger charge is 2.16. The molecule has 9 rings (SSSR count). The third kappa shape index (κ3) is 7.08. The topological polar surface area (TPSA) is 12.9 Å². The summed E-state index contributed by atoms with van der Waals surface area (Å²) in [6.07, 6.45) is 3.02. The highest BCUT2D eigenvalue weighted by atomic mass is 14.7. The number of nitrogens with zero attached hydrogens (tertiary/aromatic N) is 1. The van der Waals surface area contributed by atoms with Gasteiger partial charge in [0.25, 0.3) is 0 Å². The third-order valence-corrected chi connectivity index (χ3v) is 10.8. The van der Waals surface area contributed by atoms with Gasteiger partial charge in [-0.1, -0.05) is 190 Å². The molecule has 0 bridgehead atoms. The van der Waals surface area contributed by atoms with E-state index in [0.717, 1.165) is 17.7 Å². The van der Waals surface area contributed by atoms with Crippen molar-refractivity contribution >= 4 is 10.8 Å². The zero-order valence-corrected chi connectivity index (χ0v) is 31.9. The normalized spacial score (nSPS) is 11.3. The van der Waals surface area contributed by atoms with E-state index in [0.29, 0.717) is 5.92 Å². The maximum Gasteiger partial charge on any atom is 0.0780 e. The first-order chi connectivity index (χ1) is 27.6. The number of aromatic nitrogens is 1. The van der Waals surface area contributed by atoms with E-state index >= 15 is 0 Å². The second kappa shape index (κ2) is 15.5. The molecule has 0 saturated heterocycles. The summed E-state index contributed by atoms with van der Waals surface area (Å²) in [5.74, 6) is 0.619. The molecule has 0 amide bonds. The van der Waals surface area contributed by atoms with Gasteiger partial charge in [0.1, 0.15) is 0 Å². The molecule has 9 aromatic rings. The summed E-state index contributed by atoms with van der Waals surface area (Å²) in [4.78, 5) is 4.87. The fraction of sp³-hybridized carbons (Fsp3) is 0.0727. The molecule has 0 aliphatic heterocycles. The Bertz CT molecular complexity index is 2680. The van der Waals surface area contributed by atoms with Crippen LogP contribution in [0.1, 0.15) is 19.4 Å². The Morgan fingerprint density at radius 2 is 0.750 bits per heavy atom. The number of pyridine rings is 1. The first kappa shape index (κ1) is 34.9. The summed E-state index contributed by atoms with van der Waals surface area (Å²) < 4.78 is 0. The average molecular weight is 718 g/mol. The molecule has 1 nitrogen and oxygen atoms in total. The van der Waals surface area contributed by atoms with Crippen LogP contribution >= 0.6 is 0 Å². The summed E-state index contributed by atoms with van der Waals surface area (Å²) in [5.41, 5.74) is 17.9. The van der Waals surface area contributed by atoms with Gasteiger partial charge < -0.3 is 0 Å². The first-order valence-corrected chi connectivity index (χ1v) is 19.6. The lowest BCUT2D eigenvalue weighted by Gasteiger charge is -2.18. The number of hydrogen-bond donors (Lipinski definition) is 0. The second-order valence-electron chi connectivity index (χ2n) is 15.1. The minimum atomic E-state index is 0.619. The van der Waals surface area contributed by atoms with Crippen molar-refractivity contribution in [3.05, 3.63) is 212 Å². The van der Waals surface area contributed by atoms with Crippen LogP contribution in [0.15, 0.2) is 206 Å². The van der Waals surface area contributed by atoms with Crippen LogP contribution in [-0.2, 0) is 6.42 Å². The summed E-state index contributed by atoms with van der Waals surface area (Å²) >= 11 is 0. The lowest BCUT2D eigenvalue weighted by molar-refractivity contribution is 0.648. The van der Waals surface area contributed by atoms with Gasteiger partial charge in [0.05, 0.1) is 5.69 Å². The van der Waals surface area contributed by atoms with Crippen molar-refractivity contribution in [3.63, 3.8) is 0 Å². The SMILES string of the molecule is CC(C)Cc1ccc2c(-c3ccc(-c4ccccc4-c4cc(-c5ccccc5-c5ccccc5)cc(-c5ccccc5-c5ccccc5)c4)cc3)nccc2c1. The van der Waals surface area contributed by atoms with Gasteiger partial charge in [0, 0.05) is 17.1 Å². The molecule has 0 atom stereocenters. The van der Waals surface area contributed by atoms with Crippen molar-refractivity contribution in [2.24, 2.45) is 5.92 Å². The number of hydrogen-bond acceptors (Lipinski definition) is 1. The van der Waals surface area contributed by atoms with Crippen LogP contribution in [0.5, 0.6) is 0 Å². The Kier molecular flexibility index (Phi) is 9.66. The van der Waals surface area contributed by atoms with Gasteiger partial charge >= 0.3 is 0 Å². The molecule has 0 unspecified atom stereocenters. The van der Waals surface area contributed by atoms with E-state index in [1.807, 2.05) is 6.20 Å². The van der Waals surface area contributed by atoms with Crippen LogP contribution in [0.4, 0.5) is 0 Å². The van der Waals surface area contributed by atoms with Crippen LogP contribution in [0.3, 0.4) is 0 Å². The molecule has 1 heterocycles. The van der Waals surface area contributed by atoms with Crippen molar-refractivity contribution in [3.8, 4) is 78.0 Å². The van der Waals surface area contributed by atoms with Crippen LogP contribution in [0.2, 0.25) is 0 Å². The van der Waals surface area contributed by atoms with E-state index in [1.54, 1.807) is 0 Å². The number of benzene rings is 8. The van der Waals surface area contributed by atoms with E-state index < -0.39 is 0 Å². The molecule has 0 saturated carbocycles. The van der Waals surface area contributed by atoms with Crippen LogP contribution in [-0.4, -0.2) is 4.98 Å². The predicted octanol–water partition coefficient (Wildman–Crippen LogP) is 15.1. The van der Waals surface area contributed by atoms with Gasteiger partial charge in [-0.15, -0.1) is 0 Å². The maximum atomic E-state index is 4.87. The van der Waals surface area contributed by atoms with Crippen LogP contribution in [0.25, 0.3) is 88.8 Å². The fourth-order valence-corrected chi connectivity index (χ4v) is 8.15. The van der Waals surface area contributed by atoms with E-state index in [4.69, 9.17) is 4.98 Å². The maximum absolute atomic E-state index is 4.87. The van der Waals surface area contributed by atoms with E-state index in [2.05, 4.69) is 214 Å². The lowest BCUT2D eigenvalue weighted by Crippen LogP contribution is -1.94. The smallest absolute Gasteiger partial charge is 0.0780 e. The molecule has 1 heteroatoms. The van der Waals surface area contributed by atoms with Crippen molar-refractivity contribution < 1.29 is 0 Å². The standard InChI is InChI=1S/C55H43N/c1-38(2)33-39-25-30-54-44(34-39)31-32-56-55(54)43-28-26-42(27-29-43)50-21-11-14-24-53(50)47-36-45(51-22-12-9-19-48(51)40-15-5-3-6-16-40)35-46(37-47)52-23-13-10-20-49(52)41-17-7-4-8-18-41/h3-32,34-38H,33H2,1-2H3. The molecule has 268 valence electrons. The monoisotopic (exact) mass is 717 g/mol. The molecule has 0 aliphatic carbocycles. The van der Waals surface area contributed by atoms with E-state index in [1.165, 1.54) is 83.1 Å². The molecule has 0 spiro atoms. The molecule has 56 heavy (non-hydrogen) atoms. The quantitative estimate of drug-likeness (QED) is 0.145. The predicted molar refractivity (Wildman–Crippen MR) is 238 cm³/mol. The van der Waals surface area contributed by atoms with Gasteiger partial charge in [-0.3, -0.25) is 4.98 Å². The van der Waals surface area contributed by atoms with Gasteiger partial charge in [-0.05, 0) is 114 Å². The number of fused-ring (bicyclic) bond motifs is 1. The Morgan fingerprint density at radius 1 is 0.357 bits per heavy atom. The largest absolute Gasteiger partial charge is 0.256 e. The van der Waals surface area contributed by atoms with Gasteiger partial charge in [-0.2, -0.15) is 0 Å². The van der Waals surface area contributed by atoms with Gasteiger partial charge in [0.2, 0.25) is 0 Å². The molecule has 1 aromatic heterocycles. The van der Waals surface area contributed by atoms with Crippen LogP contribution < -0.4 is 0 Å². The highest BCUT2D eigenvalue weighted by molar-refractivity contribution is 5.96. The Labute approximate surface area is 330 Å². The zero-order valence-electron chi connectivity index (χ0n) is 31.9.